The molecule has 0 amide bonds. The van der Waals surface area contributed by atoms with E-state index < -0.39 is 17.7 Å². The molecule has 2 bridgehead atoms. The zero-order valence-electron chi connectivity index (χ0n) is 16.7. The van der Waals surface area contributed by atoms with Gasteiger partial charge in [-0.05, 0) is 38.0 Å². The Balaban J connectivity index is 1.35. The van der Waals surface area contributed by atoms with Gasteiger partial charge in [-0.25, -0.2) is 9.78 Å². The Morgan fingerprint density at radius 2 is 2.04 bits per heavy atom. The summed E-state index contributed by atoms with van der Waals surface area (Å²) in [6, 6.07) is 0. The summed E-state index contributed by atoms with van der Waals surface area (Å²) in [5.74, 6) is 3.24. The second-order valence-electron chi connectivity index (χ2n) is 9.30. The van der Waals surface area contributed by atoms with Crippen LogP contribution in [-0.4, -0.2) is 60.2 Å². The summed E-state index contributed by atoms with van der Waals surface area (Å²) < 4.78 is 19.1. The molecular weight excluding hydrogens is 366 g/mol. The summed E-state index contributed by atoms with van der Waals surface area (Å²) >= 11 is 1.99. The van der Waals surface area contributed by atoms with Crippen LogP contribution in [0.2, 0.25) is 0 Å². The van der Waals surface area contributed by atoms with Gasteiger partial charge in [-0.3, -0.25) is 4.90 Å². The van der Waals surface area contributed by atoms with Crippen molar-refractivity contribution in [1.29, 1.82) is 0 Å². The van der Waals surface area contributed by atoms with E-state index in [9.17, 15) is 0 Å². The number of hydrogen-bond donors (Lipinski definition) is 0. The molecule has 5 saturated heterocycles. The third-order valence-corrected chi connectivity index (χ3v) is 8.63. The van der Waals surface area contributed by atoms with Crippen molar-refractivity contribution in [3.05, 3.63) is 0 Å². The molecule has 6 nitrogen and oxygen atoms in total. The SMILES string of the molecule is C[C@H]1C(OCCN2CCSC2)O[C@@H]2OC3(C)CCC4[C@@H](C)CCC1[C@]42OO3. The van der Waals surface area contributed by atoms with Crippen molar-refractivity contribution in [2.24, 2.45) is 23.7 Å². The van der Waals surface area contributed by atoms with Crippen LogP contribution in [0.3, 0.4) is 0 Å². The number of nitrogens with zero attached hydrogens (tertiary/aromatic N) is 1. The van der Waals surface area contributed by atoms with Gasteiger partial charge in [0.25, 0.3) is 0 Å². The molecule has 6 fully saturated rings. The van der Waals surface area contributed by atoms with Crippen LogP contribution in [0.15, 0.2) is 0 Å². The smallest absolute Gasteiger partial charge is 0.201 e. The molecule has 5 aliphatic heterocycles. The third-order valence-electron chi connectivity index (χ3n) is 7.61. The molecule has 6 rings (SSSR count). The van der Waals surface area contributed by atoms with Crippen LogP contribution in [0, 0.1) is 23.7 Å². The minimum absolute atomic E-state index is 0.235. The van der Waals surface area contributed by atoms with Crippen molar-refractivity contribution in [2.45, 2.75) is 70.4 Å². The molecule has 0 aromatic heterocycles. The van der Waals surface area contributed by atoms with E-state index in [1.807, 2.05) is 18.7 Å². The molecule has 1 saturated carbocycles. The van der Waals surface area contributed by atoms with Crippen molar-refractivity contribution in [3.63, 3.8) is 0 Å². The number of rotatable bonds is 4. The molecule has 0 aromatic rings. The summed E-state index contributed by atoms with van der Waals surface area (Å²) in [4.78, 5) is 14.5. The van der Waals surface area contributed by atoms with Gasteiger partial charge in [0.1, 0.15) is 0 Å². The van der Waals surface area contributed by atoms with Crippen LogP contribution in [-0.2, 0) is 24.0 Å². The largest absolute Gasteiger partial charge is 0.351 e. The molecule has 1 aliphatic carbocycles. The molecule has 7 heteroatoms. The standard InChI is InChI=1S/C20H33NO5S/c1-13-4-5-16-14(2)17(22-10-8-21-9-11-27-12-21)23-18-20(16)15(13)6-7-19(3,24-18)25-26-20/h13-18H,4-12H2,1-3H3/t13-,14+,15?,16?,17?,18+,19?,20+/m0/s1. The fourth-order valence-corrected chi connectivity index (χ4v) is 7.02. The lowest BCUT2D eigenvalue weighted by Crippen LogP contribution is -2.70. The van der Waals surface area contributed by atoms with Crippen LogP contribution in [0.25, 0.3) is 0 Å². The van der Waals surface area contributed by atoms with E-state index in [1.54, 1.807) is 0 Å². The van der Waals surface area contributed by atoms with Crippen LogP contribution in [0.1, 0.15) is 46.5 Å². The highest BCUT2D eigenvalue weighted by atomic mass is 32.2. The summed E-state index contributed by atoms with van der Waals surface area (Å²) in [7, 11) is 0. The molecule has 1 spiro atoms. The molecule has 0 aromatic carbocycles. The highest BCUT2D eigenvalue weighted by Crippen LogP contribution is 2.60. The fourth-order valence-electron chi connectivity index (χ4n) is 5.99. The van der Waals surface area contributed by atoms with Crippen molar-refractivity contribution < 1.29 is 24.0 Å². The molecule has 27 heavy (non-hydrogen) atoms. The average Bonchev–Trinajstić information content (AvgIpc) is 3.06. The van der Waals surface area contributed by atoms with E-state index in [-0.39, 0.29) is 12.2 Å². The van der Waals surface area contributed by atoms with Gasteiger partial charge in [-0.2, -0.15) is 0 Å². The Morgan fingerprint density at radius 1 is 1.15 bits per heavy atom. The first-order chi connectivity index (χ1) is 13.0. The van der Waals surface area contributed by atoms with Gasteiger partial charge in [0.05, 0.1) is 6.61 Å². The Labute approximate surface area is 166 Å². The molecule has 154 valence electrons. The molecule has 0 radical (unpaired) electrons. The van der Waals surface area contributed by atoms with E-state index in [1.165, 1.54) is 12.2 Å². The van der Waals surface area contributed by atoms with Gasteiger partial charge in [0.2, 0.25) is 5.79 Å². The maximum absolute atomic E-state index is 6.45. The second-order valence-corrected chi connectivity index (χ2v) is 10.4. The topological polar surface area (TPSA) is 49.4 Å². The quantitative estimate of drug-likeness (QED) is 0.673. The Kier molecular flexibility index (Phi) is 5.03. The average molecular weight is 400 g/mol. The van der Waals surface area contributed by atoms with E-state index in [0.29, 0.717) is 24.4 Å². The normalized spacial score (nSPS) is 52.6. The van der Waals surface area contributed by atoms with Crippen molar-refractivity contribution >= 4 is 11.8 Å². The van der Waals surface area contributed by atoms with Gasteiger partial charge < -0.3 is 14.2 Å². The Hall–Kier alpha value is 0.110. The number of ether oxygens (including phenoxy) is 3. The summed E-state index contributed by atoms with van der Waals surface area (Å²) in [6.07, 6.45) is 3.62. The van der Waals surface area contributed by atoms with E-state index in [0.717, 1.165) is 38.2 Å². The second kappa shape index (κ2) is 7.11. The highest BCUT2D eigenvalue weighted by molar-refractivity contribution is 7.99. The third kappa shape index (κ3) is 3.09. The van der Waals surface area contributed by atoms with Crippen molar-refractivity contribution in [1.82, 2.24) is 4.90 Å². The molecule has 4 unspecified atom stereocenters. The Morgan fingerprint density at radius 3 is 2.85 bits per heavy atom. The summed E-state index contributed by atoms with van der Waals surface area (Å²) in [6.45, 7) is 9.41. The first kappa shape index (κ1) is 19.1. The summed E-state index contributed by atoms with van der Waals surface area (Å²) in [5.41, 5.74) is -0.488. The van der Waals surface area contributed by atoms with Gasteiger partial charge in [0, 0.05) is 43.0 Å². The first-order valence-corrected chi connectivity index (χ1v) is 11.8. The molecule has 5 heterocycles. The summed E-state index contributed by atoms with van der Waals surface area (Å²) in [5, 5.41) is 0. The van der Waals surface area contributed by atoms with Crippen LogP contribution < -0.4 is 0 Å². The van der Waals surface area contributed by atoms with Gasteiger partial charge in [-0.15, -0.1) is 11.8 Å². The minimum atomic E-state index is -0.713. The molecular formula is C20H33NO5S. The zero-order valence-corrected chi connectivity index (χ0v) is 17.5. The lowest BCUT2D eigenvalue weighted by atomic mass is 9.58. The van der Waals surface area contributed by atoms with Crippen LogP contribution in [0.5, 0.6) is 0 Å². The molecule has 6 aliphatic rings. The maximum Gasteiger partial charge on any atom is 0.201 e. The van der Waals surface area contributed by atoms with Crippen molar-refractivity contribution in [2.75, 3.05) is 31.3 Å². The monoisotopic (exact) mass is 399 g/mol. The van der Waals surface area contributed by atoms with E-state index >= 15 is 0 Å². The number of thioether (sulfide) groups is 1. The Bertz CT molecular complexity index is 560. The van der Waals surface area contributed by atoms with Crippen LogP contribution in [0.4, 0.5) is 0 Å². The fraction of sp³-hybridized carbons (Fsp3) is 1.00. The lowest BCUT2D eigenvalue weighted by molar-refractivity contribution is -0.577. The molecule has 8 atom stereocenters. The van der Waals surface area contributed by atoms with E-state index in [2.05, 4.69) is 18.7 Å². The van der Waals surface area contributed by atoms with Crippen molar-refractivity contribution in [3.8, 4) is 0 Å². The maximum atomic E-state index is 6.45. The molecule has 0 N–H and O–H groups in total. The minimum Gasteiger partial charge on any atom is -0.351 e. The number of fused-ring (bicyclic) bond motifs is 2. The highest BCUT2D eigenvalue weighted by Gasteiger charge is 2.69. The predicted octanol–water partition coefficient (Wildman–Crippen LogP) is 3.22. The lowest BCUT2D eigenvalue weighted by Gasteiger charge is -2.60. The predicted molar refractivity (Wildman–Crippen MR) is 102 cm³/mol. The number of hydrogen-bond acceptors (Lipinski definition) is 7. The first-order valence-electron chi connectivity index (χ1n) is 10.6. The van der Waals surface area contributed by atoms with Gasteiger partial charge >= 0.3 is 0 Å². The van der Waals surface area contributed by atoms with Gasteiger partial charge in [0.15, 0.2) is 18.2 Å². The van der Waals surface area contributed by atoms with Gasteiger partial charge in [-0.1, -0.05) is 13.8 Å². The van der Waals surface area contributed by atoms with E-state index in [4.69, 9.17) is 24.0 Å². The zero-order chi connectivity index (χ0) is 18.6. The van der Waals surface area contributed by atoms with Crippen LogP contribution >= 0.6 is 11.8 Å².